The van der Waals surface area contributed by atoms with Crippen molar-refractivity contribution < 1.29 is 14.7 Å². The van der Waals surface area contributed by atoms with E-state index in [2.05, 4.69) is 13.8 Å². The summed E-state index contributed by atoms with van der Waals surface area (Å²) < 4.78 is 0. The molecule has 0 aromatic heterocycles. The molecule has 2 atom stereocenters. The SMILES string of the molecule is CCCCN(CC)C(=O)N1C(CCC)SCC1C(=O)O. The third-order valence-corrected chi connectivity index (χ3v) is 4.92. The van der Waals surface area contributed by atoms with Gasteiger partial charge in [-0.1, -0.05) is 26.7 Å². The van der Waals surface area contributed by atoms with Crippen molar-refractivity contribution in [2.24, 2.45) is 0 Å². The van der Waals surface area contributed by atoms with Crippen LogP contribution in [0.3, 0.4) is 0 Å². The van der Waals surface area contributed by atoms with Crippen LogP contribution in [0.25, 0.3) is 0 Å². The number of carbonyl (C=O) groups is 2. The van der Waals surface area contributed by atoms with Crippen LogP contribution in [0.15, 0.2) is 0 Å². The van der Waals surface area contributed by atoms with Crippen molar-refractivity contribution in [3.8, 4) is 0 Å². The van der Waals surface area contributed by atoms with Crippen molar-refractivity contribution in [1.29, 1.82) is 0 Å². The number of nitrogens with zero attached hydrogens (tertiary/aromatic N) is 2. The highest BCUT2D eigenvalue weighted by molar-refractivity contribution is 8.00. The van der Waals surface area contributed by atoms with Gasteiger partial charge in [0, 0.05) is 18.8 Å². The van der Waals surface area contributed by atoms with Gasteiger partial charge in [-0.05, 0) is 19.8 Å². The van der Waals surface area contributed by atoms with E-state index in [1.807, 2.05) is 6.92 Å². The first-order valence-corrected chi connectivity index (χ1v) is 8.53. The van der Waals surface area contributed by atoms with Crippen LogP contribution in [0.5, 0.6) is 0 Å². The lowest BCUT2D eigenvalue weighted by Gasteiger charge is -2.33. The van der Waals surface area contributed by atoms with Crippen molar-refractivity contribution in [2.75, 3.05) is 18.8 Å². The zero-order chi connectivity index (χ0) is 15.1. The summed E-state index contributed by atoms with van der Waals surface area (Å²) in [6.45, 7) is 7.43. The van der Waals surface area contributed by atoms with Gasteiger partial charge in [0.25, 0.3) is 0 Å². The van der Waals surface area contributed by atoms with E-state index in [0.717, 1.165) is 25.7 Å². The molecule has 0 bridgehead atoms. The molecule has 0 spiro atoms. The topological polar surface area (TPSA) is 60.9 Å². The van der Waals surface area contributed by atoms with E-state index in [-0.39, 0.29) is 11.4 Å². The molecule has 1 heterocycles. The van der Waals surface area contributed by atoms with Gasteiger partial charge in [0.05, 0.1) is 5.37 Å². The Bertz CT molecular complexity index is 338. The number of urea groups is 1. The Labute approximate surface area is 125 Å². The predicted molar refractivity (Wildman–Crippen MR) is 82.0 cm³/mol. The first kappa shape index (κ1) is 17.1. The summed E-state index contributed by atoms with van der Waals surface area (Å²) in [5.74, 6) is -0.395. The van der Waals surface area contributed by atoms with E-state index < -0.39 is 12.0 Å². The minimum Gasteiger partial charge on any atom is -0.480 e. The maximum atomic E-state index is 12.7. The molecule has 0 aromatic rings. The number of rotatable bonds is 7. The Morgan fingerprint density at radius 2 is 2.00 bits per heavy atom. The lowest BCUT2D eigenvalue weighted by atomic mass is 10.2. The molecular weight excluding hydrogens is 276 g/mol. The van der Waals surface area contributed by atoms with E-state index in [1.165, 1.54) is 0 Å². The molecule has 1 aliphatic rings. The van der Waals surface area contributed by atoms with Crippen LogP contribution in [0.4, 0.5) is 4.79 Å². The molecule has 1 saturated heterocycles. The first-order chi connectivity index (χ1) is 9.56. The second-order valence-electron chi connectivity index (χ2n) is 5.05. The van der Waals surface area contributed by atoms with Gasteiger partial charge in [-0.3, -0.25) is 4.90 Å². The Morgan fingerprint density at radius 1 is 1.30 bits per heavy atom. The molecule has 116 valence electrons. The van der Waals surface area contributed by atoms with Gasteiger partial charge in [0.1, 0.15) is 6.04 Å². The number of hydrogen-bond donors (Lipinski definition) is 1. The lowest BCUT2D eigenvalue weighted by molar-refractivity contribution is -0.141. The Kier molecular flexibility index (Phi) is 7.19. The summed E-state index contributed by atoms with van der Waals surface area (Å²) in [4.78, 5) is 27.4. The minimum atomic E-state index is -0.893. The van der Waals surface area contributed by atoms with Crippen LogP contribution in [-0.4, -0.2) is 57.2 Å². The van der Waals surface area contributed by atoms with Crippen molar-refractivity contribution >= 4 is 23.8 Å². The van der Waals surface area contributed by atoms with Crippen molar-refractivity contribution in [3.05, 3.63) is 0 Å². The second kappa shape index (κ2) is 8.39. The molecule has 0 aromatic carbocycles. The predicted octanol–water partition coefficient (Wildman–Crippen LogP) is 2.86. The average molecular weight is 302 g/mol. The van der Waals surface area contributed by atoms with Crippen LogP contribution in [0.1, 0.15) is 46.5 Å². The molecule has 2 amide bonds. The summed E-state index contributed by atoms with van der Waals surface area (Å²) in [5.41, 5.74) is 0. The van der Waals surface area contributed by atoms with Gasteiger partial charge in [-0.15, -0.1) is 11.8 Å². The number of aliphatic carboxylic acids is 1. The van der Waals surface area contributed by atoms with Crippen LogP contribution in [0, 0.1) is 0 Å². The number of thioether (sulfide) groups is 1. The number of carboxylic acids is 1. The van der Waals surface area contributed by atoms with Crippen molar-refractivity contribution in [3.63, 3.8) is 0 Å². The second-order valence-corrected chi connectivity index (χ2v) is 6.26. The fraction of sp³-hybridized carbons (Fsp3) is 0.857. The van der Waals surface area contributed by atoms with Gasteiger partial charge >= 0.3 is 12.0 Å². The molecule has 20 heavy (non-hydrogen) atoms. The van der Waals surface area contributed by atoms with Gasteiger partial charge in [0.15, 0.2) is 0 Å². The monoisotopic (exact) mass is 302 g/mol. The fourth-order valence-corrected chi connectivity index (χ4v) is 3.89. The first-order valence-electron chi connectivity index (χ1n) is 7.48. The molecule has 1 aliphatic heterocycles. The van der Waals surface area contributed by atoms with E-state index >= 15 is 0 Å². The quantitative estimate of drug-likeness (QED) is 0.785. The molecule has 6 heteroatoms. The number of carboxylic acid groups (broad SMARTS) is 1. The van der Waals surface area contributed by atoms with Crippen LogP contribution in [0.2, 0.25) is 0 Å². The number of amides is 2. The third-order valence-electron chi connectivity index (χ3n) is 3.57. The average Bonchev–Trinajstić information content (AvgIpc) is 2.83. The number of unbranched alkanes of at least 4 members (excludes halogenated alkanes) is 1. The molecule has 2 unspecified atom stereocenters. The van der Waals surface area contributed by atoms with E-state index in [4.69, 9.17) is 0 Å². The normalized spacial score (nSPS) is 22.1. The van der Waals surface area contributed by atoms with Gasteiger partial charge in [-0.2, -0.15) is 0 Å². The highest BCUT2D eigenvalue weighted by atomic mass is 32.2. The largest absolute Gasteiger partial charge is 0.480 e. The molecule has 0 saturated carbocycles. The molecule has 1 rings (SSSR count). The van der Waals surface area contributed by atoms with E-state index in [1.54, 1.807) is 21.6 Å². The van der Waals surface area contributed by atoms with Crippen molar-refractivity contribution in [2.45, 2.75) is 57.9 Å². The number of hydrogen-bond acceptors (Lipinski definition) is 3. The molecule has 1 N–H and O–H groups in total. The smallest absolute Gasteiger partial charge is 0.327 e. The van der Waals surface area contributed by atoms with Gasteiger partial charge < -0.3 is 10.0 Å². The fourth-order valence-electron chi connectivity index (χ4n) is 2.38. The zero-order valence-electron chi connectivity index (χ0n) is 12.7. The molecule has 0 radical (unpaired) electrons. The van der Waals surface area contributed by atoms with Crippen LogP contribution in [-0.2, 0) is 4.79 Å². The maximum Gasteiger partial charge on any atom is 0.327 e. The molecule has 0 aliphatic carbocycles. The highest BCUT2D eigenvalue weighted by Gasteiger charge is 2.42. The van der Waals surface area contributed by atoms with Crippen LogP contribution >= 0.6 is 11.8 Å². The third kappa shape index (κ3) is 4.04. The maximum absolute atomic E-state index is 12.7. The van der Waals surface area contributed by atoms with Gasteiger partial charge in [-0.25, -0.2) is 9.59 Å². The lowest BCUT2D eigenvalue weighted by Crippen LogP contribution is -2.51. The Balaban J connectivity index is 2.83. The van der Waals surface area contributed by atoms with Crippen LogP contribution < -0.4 is 0 Å². The Morgan fingerprint density at radius 3 is 2.50 bits per heavy atom. The highest BCUT2D eigenvalue weighted by Crippen LogP contribution is 2.33. The standard InChI is InChI=1S/C14H26N2O3S/c1-4-7-9-15(6-3)14(19)16-11(13(17)18)10-20-12(16)8-5-2/h11-12H,4-10H2,1-3H3,(H,17,18). The van der Waals surface area contributed by atoms with E-state index in [9.17, 15) is 14.7 Å². The summed E-state index contributed by atoms with van der Waals surface area (Å²) in [5, 5.41) is 9.33. The van der Waals surface area contributed by atoms with E-state index in [0.29, 0.717) is 18.8 Å². The molecular formula is C14H26N2O3S. The summed E-state index contributed by atoms with van der Waals surface area (Å²) in [6, 6.07) is -0.795. The summed E-state index contributed by atoms with van der Waals surface area (Å²) in [7, 11) is 0. The molecule has 1 fully saturated rings. The minimum absolute atomic E-state index is 0.00396. The number of carbonyl (C=O) groups excluding carboxylic acids is 1. The van der Waals surface area contributed by atoms with Gasteiger partial charge in [0.2, 0.25) is 0 Å². The Hall–Kier alpha value is -0.910. The zero-order valence-corrected chi connectivity index (χ0v) is 13.5. The summed E-state index contributed by atoms with van der Waals surface area (Å²) in [6.07, 6.45) is 3.79. The van der Waals surface area contributed by atoms with Crippen molar-refractivity contribution in [1.82, 2.24) is 9.80 Å². The molecule has 5 nitrogen and oxygen atoms in total. The summed E-state index contributed by atoms with van der Waals surface area (Å²) >= 11 is 1.59.